The summed E-state index contributed by atoms with van der Waals surface area (Å²) in [6, 6.07) is 12.5. The zero-order valence-corrected chi connectivity index (χ0v) is 27.2. The summed E-state index contributed by atoms with van der Waals surface area (Å²) in [5, 5.41) is 5.70. The Morgan fingerprint density at radius 2 is 1.74 bits per heavy atom. The number of rotatable bonds is 7. The fourth-order valence-electron chi connectivity index (χ4n) is 6.24. The van der Waals surface area contributed by atoms with Gasteiger partial charge in [-0.05, 0) is 74.9 Å². The molecule has 4 aromatic rings. The molecule has 2 aromatic carbocycles. The number of thiazole rings is 1. The summed E-state index contributed by atoms with van der Waals surface area (Å²) in [4.78, 5) is 35.8. The minimum absolute atomic E-state index is 0.0298. The second-order valence-electron chi connectivity index (χ2n) is 12.4. The summed E-state index contributed by atoms with van der Waals surface area (Å²) in [5.74, 6) is -0.137. The van der Waals surface area contributed by atoms with Crippen molar-refractivity contribution in [3.63, 3.8) is 0 Å². The molecule has 1 aliphatic heterocycles. The normalized spacial score (nSPS) is 15.7. The predicted octanol–water partition coefficient (Wildman–Crippen LogP) is 7.77. The van der Waals surface area contributed by atoms with Crippen LogP contribution in [0.1, 0.15) is 73.3 Å². The molecule has 0 bridgehead atoms. The van der Waals surface area contributed by atoms with Gasteiger partial charge in [0.2, 0.25) is 0 Å². The van der Waals surface area contributed by atoms with E-state index in [1.54, 1.807) is 16.0 Å². The number of carbonyl (C=O) groups is 1. The number of halogens is 3. The molecule has 1 saturated heterocycles. The zero-order valence-electron chi connectivity index (χ0n) is 26.4. The number of alkyl halides is 3. The van der Waals surface area contributed by atoms with E-state index in [9.17, 15) is 22.8 Å². The number of pyridine rings is 1. The molecule has 1 saturated carbocycles. The molecule has 0 radical (unpaired) electrons. The van der Waals surface area contributed by atoms with Gasteiger partial charge in [-0.25, -0.2) is 4.98 Å². The standard InChI is InChI=1S/C36H37F3N4O2S/c1-5-23-8-7-9-24(6-2)31(23)43-30(18-22(3)4)27(33(44)42-17-16-40-35(21-42)14-15-35)19-28(34(43)45)32-41-29(20-46-32)25-10-12-26(13-11-25)36(37,38)39/h7-13,18-20,40H,5-6,14-17,21H2,1-4H3. The molecule has 2 fully saturated rings. The zero-order chi connectivity index (χ0) is 32.8. The molecule has 3 heterocycles. The molecule has 240 valence electrons. The first-order valence-electron chi connectivity index (χ1n) is 15.7. The molecule has 46 heavy (non-hydrogen) atoms. The van der Waals surface area contributed by atoms with Crippen LogP contribution in [0.15, 0.2) is 64.3 Å². The first-order chi connectivity index (χ1) is 21.9. The van der Waals surface area contributed by atoms with E-state index in [1.165, 1.54) is 23.5 Å². The van der Waals surface area contributed by atoms with Gasteiger partial charge in [0.1, 0.15) is 5.01 Å². The second-order valence-corrected chi connectivity index (χ2v) is 13.3. The predicted molar refractivity (Wildman–Crippen MR) is 178 cm³/mol. The number of hydrogen-bond acceptors (Lipinski definition) is 5. The number of nitrogens with zero attached hydrogens (tertiary/aromatic N) is 3. The number of aryl methyl sites for hydroxylation is 2. The molecular formula is C36H37F3N4O2S. The van der Waals surface area contributed by atoms with Gasteiger partial charge in [0, 0.05) is 36.1 Å². The highest BCUT2D eigenvalue weighted by Crippen LogP contribution is 2.39. The third-order valence-corrected chi connectivity index (χ3v) is 9.72. The fourth-order valence-corrected chi connectivity index (χ4v) is 7.08. The SMILES string of the molecule is CCc1cccc(CC)c1-n1c(C=C(C)C)c(C(=O)N2CCNC3(CC3)C2)cc(-c2nc(-c3ccc(C(F)(F)F)cc3)cs2)c1=O. The molecule has 10 heteroatoms. The number of piperazine rings is 1. The minimum Gasteiger partial charge on any atom is -0.335 e. The molecule has 1 spiro atoms. The van der Waals surface area contributed by atoms with Gasteiger partial charge < -0.3 is 10.2 Å². The summed E-state index contributed by atoms with van der Waals surface area (Å²) in [7, 11) is 0. The largest absolute Gasteiger partial charge is 0.416 e. The lowest BCUT2D eigenvalue weighted by molar-refractivity contribution is -0.137. The van der Waals surface area contributed by atoms with Gasteiger partial charge >= 0.3 is 6.18 Å². The lowest BCUT2D eigenvalue weighted by Gasteiger charge is -2.34. The number of nitrogens with one attached hydrogen (secondary N) is 1. The van der Waals surface area contributed by atoms with Crippen LogP contribution in [0.4, 0.5) is 13.2 Å². The van der Waals surface area contributed by atoms with E-state index < -0.39 is 11.7 Å². The molecule has 1 aliphatic carbocycles. The molecular weight excluding hydrogens is 609 g/mol. The van der Waals surface area contributed by atoms with Crippen LogP contribution in [-0.2, 0) is 19.0 Å². The maximum absolute atomic E-state index is 14.7. The van der Waals surface area contributed by atoms with Crippen LogP contribution in [0, 0.1) is 0 Å². The van der Waals surface area contributed by atoms with Crippen molar-refractivity contribution in [2.24, 2.45) is 0 Å². The number of carbonyl (C=O) groups excluding carboxylic acids is 1. The van der Waals surface area contributed by atoms with Crippen LogP contribution >= 0.6 is 11.3 Å². The highest BCUT2D eigenvalue weighted by Gasteiger charge is 2.47. The number of para-hydroxylation sites is 1. The Hall–Kier alpha value is -4.02. The van der Waals surface area contributed by atoms with Crippen molar-refractivity contribution in [3.8, 4) is 27.5 Å². The number of hydrogen-bond donors (Lipinski definition) is 1. The third-order valence-electron chi connectivity index (χ3n) is 8.84. The summed E-state index contributed by atoms with van der Waals surface area (Å²) < 4.78 is 41.2. The van der Waals surface area contributed by atoms with Gasteiger partial charge in [-0.3, -0.25) is 14.2 Å². The van der Waals surface area contributed by atoms with Crippen LogP contribution in [-0.4, -0.2) is 45.5 Å². The summed E-state index contributed by atoms with van der Waals surface area (Å²) in [6.45, 7) is 9.87. The quantitative estimate of drug-likeness (QED) is 0.223. The van der Waals surface area contributed by atoms with E-state index in [-0.39, 0.29) is 22.6 Å². The summed E-state index contributed by atoms with van der Waals surface area (Å²) in [5.41, 5.74) is 4.84. The van der Waals surface area contributed by atoms with Crippen LogP contribution in [0.5, 0.6) is 0 Å². The molecule has 6 nitrogen and oxygen atoms in total. The Bertz CT molecular complexity index is 1860. The van der Waals surface area contributed by atoms with Crippen molar-refractivity contribution in [1.82, 2.24) is 19.8 Å². The molecule has 1 N–H and O–H groups in total. The van der Waals surface area contributed by atoms with Crippen molar-refractivity contribution < 1.29 is 18.0 Å². The maximum Gasteiger partial charge on any atom is 0.416 e. The second kappa shape index (κ2) is 12.3. The molecule has 1 amide bonds. The van der Waals surface area contributed by atoms with E-state index in [0.717, 1.165) is 47.4 Å². The summed E-state index contributed by atoms with van der Waals surface area (Å²) >= 11 is 1.23. The van der Waals surface area contributed by atoms with Gasteiger partial charge in [0.15, 0.2) is 0 Å². The smallest absolute Gasteiger partial charge is 0.335 e. The number of aromatic nitrogens is 2. The van der Waals surface area contributed by atoms with Crippen LogP contribution < -0.4 is 10.9 Å². The van der Waals surface area contributed by atoms with E-state index in [2.05, 4.69) is 5.32 Å². The molecule has 2 aliphatic rings. The lowest BCUT2D eigenvalue weighted by Crippen LogP contribution is -2.54. The number of allylic oxidation sites excluding steroid dienone is 1. The van der Waals surface area contributed by atoms with E-state index in [0.29, 0.717) is 60.0 Å². The highest BCUT2D eigenvalue weighted by molar-refractivity contribution is 7.13. The van der Waals surface area contributed by atoms with Gasteiger partial charge in [0.05, 0.1) is 33.8 Å². The lowest BCUT2D eigenvalue weighted by atomic mass is 9.99. The highest BCUT2D eigenvalue weighted by atomic mass is 32.1. The van der Waals surface area contributed by atoms with Crippen molar-refractivity contribution in [1.29, 1.82) is 0 Å². The monoisotopic (exact) mass is 646 g/mol. The van der Waals surface area contributed by atoms with Gasteiger partial charge in [-0.2, -0.15) is 13.2 Å². The van der Waals surface area contributed by atoms with Crippen molar-refractivity contribution in [3.05, 3.63) is 97.8 Å². The summed E-state index contributed by atoms with van der Waals surface area (Å²) in [6.07, 6.45) is 0.896. The maximum atomic E-state index is 14.7. The van der Waals surface area contributed by atoms with Gasteiger partial charge in [-0.15, -0.1) is 11.3 Å². The van der Waals surface area contributed by atoms with Crippen LogP contribution in [0.2, 0.25) is 0 Å². The molecule has 0 atom stereocenters. The Labute approximate surface area is 270 Å². The van der Waals surface area contributed by atoms with Gasteiger partial charge in [0.25, 0.3) is 11.5 Å². The van der Waals surface area contributed by atoms with E-state index >= 15 is 0 Å². The van der Waals surface area contributed by atoms with Crippen LogP contribution in [0.25, 0.3) is 33.6 Å². The first kappa shape index (κ1) is 31.9. The topological polar surface area (TPSA) is 67.2 Å². The first-order valence-corrected chi connectivity index (χ1v) is 16.6. The number of amides is 1. The Kier molecular flexibility index (Phi) is 8.54. The Morgan fingerprint density at radius 1 is 1.07 bits per heavy atom. The third kappa shape index (κ3) is 6.08. The Morgan fingerprint density at radius 3 is 2.33 bits per heavy atom. The van der Waals surface area contributed by atoms with Gasteiger partial charge in [-0.1, -0.05) is 49.8 Å². The molecule has 0 unspecified atom stereocenters. The molecule has 6 rings (SSSR count). The van der Waals surface area contributed by atoms with Crippen molar-refractivity contribution in [2.45, 2.75) is 65.1 Å². The minimum atomic E-state index is -4.44. The number of benzene rings is 2. The Balaban J connectivity index is 1.57. The van der Waals surface area contributed by atoms with E-state index in [1.807, 2.05) is 56.9 Å². The van der Waals surface area contributed by atoms with Crippen molar-refractivity contribution >= 4 is 23.3 Å². The van der Waals surface area contributed by atoms with Crippen molar-refractivity contribution in [2.75, 3.05) is 19.6 Å². The van der Waals surface area contributed by atoms with E-state index in [4.69, 9.17) is 4.98 Å². The molecule has 2 aromatic heterocycles. The average molecular weight is 647 g/mol. The van der Waals surface area contributed by atoms with Crippen LogP contribution in [0.3, 0.4) is 0 Å². The fraction of sp³-hybridized carbons (Fsp3) is 0.361. The average Bonchev–Trinajstić information content (AvgIpc) is 3.58.